The van der Waals surface area contributed by atoms with Crippen LogP contribution in [0.1, 0.15) is 35.7 Å². The third-order valence-corrected chi connectivity index (χ3v) is 4.19. The lowest BCUT2D eigenvalue weighted by Gasteiger charge is -2.07. The molecule has 1 N–H and O–H groups in total. The molecule has 4 heteroatoms. The zero-order valence-corrected chi connectivity index (χ0v) is 14.1. The molecule has 1 aromatic heterocycles. The van der Waals surface area contributed by atoms with E-state index in [0.29, 0.717) is 12.5 Å². The van der Waals surface area contributed by atoms with E-state index in [1.54, 1.807) is 11.3 Å². The Balaban J connectivity index is 1.83. The van der Waals surface area contributed by atoms with Crippen LogP contribution in [0.25, 0.3) is 0 Å². The second-order valence-corrected chi connectivity index (χ2v) is 6.73. The number of thiazole rings is 1. The van der Waals surface area contributed by atoms with Gasteiger partial charge in [-0.1, -0.05) is 19.9 Å². The minimum absolute atomic E-state index is 0.531. The van der Waals surface area contributed by atoms with E-state index in [9.17, 15) is 0 Å². The average Bonchev–Trinajstić information content (AvgIpc) is 2.88. The molecule has 114 valence electrons. The first-order chi connectivity index (χ1) is 10.0. The maximum atomic E-state index is 5.81. The molecule has 1 heterocycles. The summed E-state index contributed by atoms with van der Waals surface area (Å²) in [4.78, 5) is 4.59. The van der Waals surface area contributed by atoms with E-state index in [1.807, 2.05) is 6.07 Å². The molecule has 0 aliphatic rings. The van der Waals surface area contributed by atoms with Crippen LogP contribution in [0.2, 0.25) is 0 Å². The molecular weight excluding hydrogens is 280 g/mol. The lowest BCUT2D eigenvalue weighted by Crippen LogP contribution is -2.18. The van der Waals surface area contributed by atoms with Gasteiger partial charge in [0.2, 0.25) is 0 Å². The predicted octanol–water partition coefficient (Wildman–Crippen LogP) is 4.08. The maximum Gasteiger partial charge on any atom is 0.131 e. The molecule has 21 heavy (non-hydrogen) atoms. The van der Waals surface area contributed by atoms with Crippen LogP contribution in [-0.4, -0.2) is 11.5 Å². The van der Waals surface area contributed by atoms with Crippen LogP contribution in [0, 0.1) is 19.8 Å². The van der Waals surface area contributed by atoms with Gasteiger partial charge in [0.25, 0.3) is 0 Å². The number of nitrogens with zero attached hydrogens (tertiary/aromatic N) is 1. The van der Waals surface area contributed by atoms with Crippen molar-refractivity contribution in [3.05, 3.63) is 45.4 Å². The molecule has 0 spiro atoms. The van der Waals surface area contributed by atoms with Crippen molar-refractivity contribution in [2.24, 2.45) is 5.92 Å². The Hall–Kier alpha value is -1.39. The van der Waals surface area contributed by atoms with Crippen molar-refractivity contribution in [2.45, 2.75) is 40.8 Å². The van der Waals surface area contributed by atoms with Gasteiger partial charge in [-0.05, 0) is 49.6 Å². The topological polar surface area (TPSA) is 34.1 Å². The Kier molecular flexibility index (Phi) is 5.76. The molecule has 0 aliphatic heterocycles. The smallest absolute Gasteiger partial charge is 0.131 e. The van der Waals surface area contributed by atoms with E-state index in [2.05, 4.69) is 55.5 Å². The van der Waals surface area contributed by atoms with Gasteiger partial charge in [0.1, 0.15) is 17.4 Å². The number of aryl methyl sites for hydroxylation is 2. The lowest BCUT2D eigenvalue weighted by molar-refractivity contribution is 0.301. The van der Waals surface area contributed by atoms with Crippen LogP contribution in [-0.2, 0) is 13.2 Å². The summed E-state index contributed by atoms with van der Waals surface area (Å²) in [5.74, 6) is 1.57. The first-order valence-corrected chi connectivity index (χ1v) is 8.26. The van der Waals surface area contributed by atoms with Gasteiger partial charge in [-0.2, -0.15) is 0 Å². The van der Waals surface area contributed by atoms with Crippen molar-refractivity contribution in [3.8, 4) is 5.75 Å². The SMILES string of the molecule is Cc1ccc(OCc2csc(CNCC(C)C)n2)cc1C. The van der Waals surface area contributed by atoms with E-state index in [0.717, 1.165) is 29.5 Å². The Labute approximate surface area is 131 Å². The molecule has 0 unspecified atom stereocenters. The van der Waals surface area contributed by atoms with Gasteiger partial charge in [0.15, 0.2) is 0 Å². The summed E-state index contributed by atoms with van der Waals surface area (Å²) in [6.07, 6.45) is 0. The molecule has 2 aromatic rings. The van der Waals surface area contributed by atoms with Gasteiger partial charge in [-0.3, -0.25) is 0 Å². The number of hydrogen-bond donors (Lipinski definition) is 1. The quantitative estimate of drug-likeness (QED) is 0.837. The zero-order valence-electron chi connectivity index (χ0n) is 13.3. The molecule has 0 saturated carbocycles. The fourth-order valence-electron chi connectivity index (χ4n) is 1.93. The van der Waals surface area contributed by atoms with Crippen LogP contribution >= 0.6 is 11.3 Å². The van der Waals surface area contributed by atoms with Crippen LogP contribution < -0.4 is 10.1 Å². The van der Waals surface area contributed by atoms with Crippen LogP contribution in [0.3, 0.4) is 0 Å². The fourth-order valence-corrected chi connectivity index (χ4v) is 2.67. The summed E-state index contributed by atoms with van der Waals surface area (Å²) in [6, 6.07) is 6.18. The standard InChI is InChI=1S/C17H24N2OS/c1-12(2)8-18-9-17-19-15(11-21-17)10-20-16-6-5-13(3)14(4)7-16/h5-7,11-12,18H,8-10H2,1-4H3. The largest absolute Gasteiger partial charge is 0.487 e. The van der Waals surface area contributed by atoms with E-state index in [4.69, 9.17) is 4.74 Å². The first-order valence-electron chi connectivity index (χ1n) is 7.38. The predicted molar refractivity (Wildman–Crippen MR) is 88.9 cm³/mol. The Morgan fingerprint density at radius 3 is 2.76 bits per heavy atom. The van der Waals surface area contributed by atoms with Crippen molar-refractivity contribution in [3.63, 3.8) is 0 Å². The molecule has 0 saturated heterocycles. The summed E-state index contributed by atoms with van der Waals surface area (Å²) in [5, 5.41) is 6.61. The molecule has 2 rings (SSSR count). The van der Waals surface area contributed by atoms with Gasteiger partial charge in [0.05, 0.1) is 5.69 Å². The first kappa shape index (κ1) is 16.0. The van der Waals surface area contributed by atoms with E-state index < -0.39 is 0 Å². The number of ether oxygens (including phenoxy) is 1. The van der Waals surface area contributed by atoms with Crippen molar-refractivity contribution in [2.75, 3.05) is 6.54 Å². The highest BCUT2D eigenvalue weighted by molar-refractivity contribution is 7.09. The molecule has 0 amide bonds. The third-order valence-electron chi connectivity index (χ3n) is 3.29. The highest BCUT2D eigenvalue weighted by atomic mass is 32.1. The van der Waals surface area contributed by atoms with Gasteiger partial charge in [-0.25, -0.2) is 4.98 Å². The summed E-state index contributed by atoms with van der Waals surface area (Å²) >= 11 is 1.69. The second-order valence-electron chi connectivity index (χ2n) is 5.79. The Morgan fingerprint density at radius 1 is 1.24 bits per heavy atom. The molecule has 0 fully saturated rings. The molecule has 3 nitrogen and oxygen atoms in total. The zero-order chi connectivity index (χ0) is 15.2. The van der Waals surface area contributed by atoms with Crippen molar-refractivity contribution in [1.29, 1.82) is 0 Å². The number of aromatic nitrogens is 1. The summed E-state index contributed by atoms with van der Waals surface area (Å²) in [6.45, 7) is 11.0. The Morgan fingerprint density at radius 2 is 2.05 bits per heavy atom. The van der Waals surface area contributed by atoms with Gasteiger partial charge in [-0.15, -0.1) is 11.3 Å². The normalized spacial score (nSPS) is 11.1. The number of benzene rings is 1. The van der Waals surface area contributed by atoms with Crippen molar-refractivity contribution in [1.82, 2.24) is 10.3 Å². The molecular formula is C17H24N2OS. The maximum absolute atomic E-state index is 5.81. The Bertz CT molecular complexity index is 578. The molecule has 0 bridgehead atoms. The van der Waals surface area contributed by atoms with Crippen molar-refractivity contribution >= 4 is 11.3 Å². The summed E-state index contributed by atoms with van der Waals surface area (Å²) < 4.78 is 5.81. The van der Waals surface area contributed by atoms with E-state index in [-0.39, 0.29) is 0 Å². The monoisotopic (exact) mass is 304 g/mol. The highest BCUT2D eigenvalue weighted by Crippen LogP contribution is 2.18. The number of hydrogen-bond acceptors (Lipinski definition) is 4. The van der Waals surface area contributed by atoms with Gasteiger partial charge >= 0.3 is 0 Å². The van der Waals surface area contributed by atoms with Crippen LogP contribution in [0.15, 0.2) is 23.6 Å². The second kappa shape index (κ2) is 7.57. The van der Waals surface area contributed by atoms with Crippen LogP contribution in [0.4, 0.5) is 0 Å². The van der Waals surface area contributed by atoms with E-state index >= 15 is 0 Å². The number of nitrogens with one attached hydrogen (secondary N) is 1. The van der Waals surface area contributed by atoms with Crippen LogP contribution in [0.5, 0.6) is 5.75 Å². The van der Waals surface area contributed by atoms with Gasteiger partial charge in [0, 0.05) is 11.9 Å². The van der Waals surface area contributed by atoms with Crippen molar-refractivity contribution < 1.29 is 4.74 Å². The highest BCUT2D eigenvalue weighted by Gasteiger charge is 2.04. The lowest BCUT2D eigenvalue weighted by atomic mass is 10.1. The summed E-state index contributed by atoms with van der Waals surface area (Å²) in [5.41, 5.74) is 3.54. The average molecular weight is 304 g/mol. The van der Waals surface area contributed by atoms with Gasteiger partial charge < -0.3 is 10.1 Å². The molecule has 0 radical (unpaired) electrons. The number of rotatable bonds is 7. The minimum Gasteiger partial charge on any atom is -0.487 e. The fraction of sp³-hybridized carbons (Fsp3) is 0.471. The minimum atomic E-state index is 0.531. The molecule has 1 aromatic carbocycles. The van der Waals surface area contributed by atoms with E-state index in [1.165, 1.54) is 11.1 Å². The molecule has 0 aliphatic carbocycles. The molecule has 0 atom stereocenters. The summed E-state index contributed by atoms with van der Waals surface area (Å²) in [7, 11) is 0. The third kappa shape index (κ3) is 5.14.